The van der Waals surface area contributed by atoms with E-state index in [0.717, 1.165) is 0 Å². The maximum absolute atomic E-state index is 14.2. The van der Waals surface area contributed by atoms with Gasteiger partial charge in [-0.15, -0.1) is 0 Å². The average Bonchev–Trinajstić information content (AvgIpc) is 2.67. The van der Waals surface area contributed by atoms with Crippen LogP contribution in [0.2, 0.25) is 0 Å². The molecule has 0 saturated carbocycles. The number of alkyl halides is 2. The fourth-order valence-electron chi connectivity index (χ4n) is 1.52. The smallest absolute Gasteiger partial charge is 0.259 e. The van der Waals surface area contributed by atoms with Gasteiger partial charge in [-0.2, -0.15) is 5.26 Å². The van der Waals surface area contributed by atoms with Crippen LogP contribution < -0.4 is 10.8 Å². The Kier molecular flexibility index (Phi) is 5.15. The number of nitriles is 1. The molecular weight excluding hydrogens is 311 g/mol. The van der Waals surface area contributed by atoms with E-state index in [2.05, 4.69) is 10.3 Å². The summed E-state index contributed by atoms with van der Waals surface area (Å²) in [4.78, 5) is 3.43. The normalized spacial score (nSPS) is 35.9. The van der Waals surface area contributed by atoms with Crippen LogP contribution in [0.4, 0.5) is 4.39 Å². The Hall–Kier alpha value is -1.84. The minimum Gasteiger partial charge on any atom is -0.392 e. The zero-order valence-electron chi connectivity index (χ0n) is 10.3. The van der Waals surface area contributed by atoms with Gasteiger partial charge < -0.3 is 25.7 Å². The lowest BCUT2D eigenvalue weighted by atomic mass is 9.98. The van der Waals surface area contributed by atoms with Crippen molar-refractivity contribution in [1.29, 1.82) is 16.1 Å². The highest BCUT2D eigenvalue weighted by Gasteiger charge is 2.65. The lowest BCUT2D eigenvalue weighted by Gasteiger charge is -2.22. The van der Waals surface area contributed by atoms with Crippen molar-refractivity contribution in [2.45, 2.75) is 23.1 Å². The molecule has 0 aromatic heterocycles. The molecule has 12 heteroatoms. The van der Waals surface area contributed by atoms with E-state index in [1.165, 1.54) is 11.5 Å². The van der Waals surface area contributed by atoms with Gasteiger partial charge in [-0.25, -0.2) is 14.9 Å². The third-order valence-corrected chi connectivity index (χ3v) is 3.02. The second kappa shape index (κ2) is 6.29. The van der Waals surface area contributed by atoms with Gasteiger partial charge in [-0.05, 0) is 0 Å². The van der Waals surface area contributed by atoms with E-state index >= 15 is 0 Å². The van der Waals surface area contributed by atoms with Crippen molar-refractivity contribution in [3.8, 4) is 6.07 Å². The Morgan fingerprint density at radius 1 is 1.67 bits per heavy atom. The van der Waals surface area contributed by atoms with Crippen molar-refractivity contribution >= 4 is 29.6 Å². The molecule has 0 radical (unpaired) electrons. The van der Waals surface area contributed by atoms with Gasteiger partial charge in [0.2, 0.25) is 17.8 Å². The number of aliphatic imine (C=N–C) groups is 1. The van der Waals surface area contributed by atoms with E-state index < -0.39 is 41.5 Å². The molecule has 7 N–H and O–H groups in total. The van der Waals surface area contributed by atoms with Crippen molar-refractivity contribution in [2.24, 2.45) is 4.99 Å². The Morgan fingerprint density at radius 3 is 2.67 bits per heavy atom. The second-order valence-electron chi connectivity index (χ2n) is 3.98. The molecule has 0 aliphatic carbocycles. The molecule has 0 spiro atoms. The first-order valence-electron chi connectivity index (χ1n) is 5.37. The van der Waals surface area contributed by atoms with Gasteiger partial charge in [0.15, 0.2) is 6.10 Å². The molecule has 1 fully saturated rings. The van der Waals surface area contributed by atoms with Crippen LogP contribution in [0.5, 0.6) is 0 Å². The maximum Gasteiger partial charge on any atom is 0.259 e. The predicted octanol–water partition coefficient (Wildman–Crippen LogP) is -1.59. The molecular formula is C9H12ClFN6O4. The second-order valence-corrected chi connectivity index (χ2v) is 4.56. The number of halogens is 2. The summed E-state index contributed by atoms with van der Waals surface area (Å²) in [6.07, 6.45) is -3.62. The number of guanidine groups is 1. The first kappa shape index (κ1) is 17.2. The molecule has 0 unspecified atom stereocenters. The summed E-state index contributed by atoms with van der Waals surface area (Å²) < 4.78 is 19.1. The van der Waals surface area contributed by atoms with Crippen molar-refractivity contribution in [1.82, 2.24) is 10.8 Å². The Labute approximate surface area is 122 Å². The lowest BCUT2D eigenvalue weighted by molar-refractivity contribution is -0.0708. The number of nitrogens with one attached hydrogen (secondary N) is 4. The molecule has 0 aromatic carbocycles. The molecule has 1 heterocycles. The SMILES string of the molecule is N#C[C@]1(CO)O[C@@H](N=C(NO)NC(=N)C=N)[C@@](F)(Cl)[C@@H]1O. The molecule has 1 saturated heterocycles. The van der Waals surface area contributed by atoms with Crippen molar-refractivity contribution in [3.05, 3.63) is 0 Å². The van der Waals surface area contributed by atoms with Crippen molar-refractivity contribution < 1.29 is 24.5 Å². The molecule has 0 amide bonds. The first-order chi connectivity index (χ1) is 9.77. The number of hydrogen-bond donors (Lipinski definition) is 7. The summed E-state index contributed by atoms with van der Waals surface area (Å²) in [5, 5.41) is 49.4. The highest BCUT2D eigenvalue weighted by molar-refractivity contribution is 6.30. The Bertz CT molecular complexity index is 509. The summed E-state index contributed by atoms with van der Waals surface area (Å²) in [6.45, 7) is -1.04. The molecule has 1 aliphatic heterocycles. The zero-order chi connectivity index (χ0) is 16.3. The largest absolute Gasteiger partial charge is 0.392 e. The summed E-state index contributed by atoms with van der Waals surface area (Å²) in [5.74, 6) is -1.13. The van der Waals surface area contributed by atoms with Crippen molar-refractivity contribution in [2.75, 3.05) is 6.61 Å². The van der Waals surface area contributed by atoms with Crippen LogP contribution in [0.1, 0.15) is 0 Å². The van der Waals surface area contributed by atoms with E-state index in [1.807, 2.05) is 0 Å². The lowest BCUT2D eigenvalue weighted by Crippen LogP contribution is -2.47. The molecule has 0 bridgehead atoms. The monoisotopic (exact) mass is 322 g/mol. The van der Waals surface area contributed by atoms with Crippen LogP contribution in [0.3, 0.4) is 0 Å². The number of hydroxylamine groups is 1. The first-order valence-corrected chi connectivity index (χ1v) is 5.75. The standard InChI is InChI=1S/C9H12ClFN6O4/c10-9(11)5(19)8(2-13,3-18)21-6(9)16-7(17-20)15-4(14)1-12/h1,5-6,12,18-20H,3H2,(H3,14,15,16,17)/t5-,6-,8-,9-/m1/s1. The van der Waals surface area contributed by atoms with Gasteiger partial charge in [0.25, 0.3) is 5.13 Å². The van der Waals surface area contributed by atoms with Crippen LogP contribution in [0, 0.1) is 22.1 Å². The molecule has 0 aromatic rings. The molecule has 1 rings (SSSR count). The van der Waals surface area contributed by atoms with E-state index in [9.17, 15) is 9.50 Å². The maximum atomic E-state index is 14.2. The van der Waals surface area contributed by atoms with Gasteiger partial charge in [0.1, 0.15) is 11.9 Å². The molecule has 4 atom stereocenters. The minimum atomic E-state index is -3.06. The fourth-order valence-corrected chi connectivity index (χ4v) is 1.79. The molecule has 21 heavy (non-hydrogen) atoms. The third-order valence-electron chi connectivity index (χ3n) is 2.63. The van der Waals surface area contributed by atoms with Crippen LogP contribution >= 0.6 is 11.6 Å². The number of ether oxygens (including phenoxy) is 1. The number of aliphatic hydroxyl groups is 2. The van der Waals surface area contributed by atoms with Gasteiger partial charge >= 0.3 is 0 Å². The molecule has 10 nitrogen and oxygen atoms in total. The number of aliphatic hydroxyl groups excluding tert-OH is 2. The predicted molar refractivity (Wildman–Crippen MR) is 68.0 cm³/mol. The number of hydrogen-bond acceptors (Lipinski definition) is 8. The summed E-state index contributed by atoms with van der Waals surface area (Å²) >= 11 is 5.45. The van der Waals surface area contributed by atoms with Crippen molar-refractivity contribution in [3.63, 3.8) is 0 Å². The van der Waals surface area contributed by atoms with Crippen LogP contribution in [-0.2, 0) is 4.74 Å². The highest BCUT2D eigenvalue weighted by Crippen LogP contribution is 2.44. The highest BCUT2D eigenvalue weighted by atomic mass is 35.5. The number of rotatable bonds is 3. The van der Waals surface area contributed by atoms with Gasteiger partial charge in [0.05, 0.1) is 12.8 Å². The van der Waals surface area contributed by atoms with E-state index in [4.69, 9.17) is 42.7 Å². The Morgan fingerprint density at radius 2 is 2.29 bits per heavy atom. The number of amidine groups is 1. The number of nitrogens with zero attached hydrogens (tertiary/aromatic N) is 2. The van der Waals surface area contributed by atoms with E-state index in [1.54, 1.807) is 0 Å². The van der Waals surface area contributed by atoms with Crippen LogP contribution in [0.15, 0.2) is 4.99 Å². The topological polar surface area (TPSA) is 178 Å². The van der Waals surface area contributed by atoms with E-state index in [-0.39, 0.29) is 0 Å². The Balaban J connectivity index is 3.10. The fraction of sp³-hybridized carbons (Fsp3) is 0.556. The minimum absolute atomic E-state index is 0.512. The van der Waals surface area contributed by atoms with Gasteiger partial charge in [0, 0.05) is 0 Å². The summed E-state index contributed by atoms with van der Waals surface area (Å²) in [6, 6.07) is 1.41. The summed E-state index contributed by atoms with van der Waals surface area (Å²) in [7, 11) is 0. The van der Waals surface area contributed by atoms with Crippen LogP contribution in [0.25, 0.3) is 0 Å². The van der Waals surface area contributed by atoms with E-state index in [0.29, 0.717) is 6.21 Å². The van der Waals surface area contributed by atoms with Gasteiger partial charge in [-0.3, -0.25) is 10.6 Å². The third kappa shape index (κ3) is 3.09. The molecule has 116 valence electrons. The van der Waals surface area contributed by atoms with Gasteiger partial charge in [-0.1, -0.05) is 11.6 Å². The average molecular weight is 323 g/mol. The molecule has 1 aliphatic rings. The van der Waals surface area contributed by atoms with Crippen LogP contribution in [-0.4, -0.2) is 63.1 Å². The zero-order valence-corrected chi connectivity index (χ0v) is 11.1. The summed E-state index contributed by atoms with van der Waals surface area (Å²) in [5.41, 5.74) is -0.847. The quantitative estimate of drug-likeness (QED) is 0.142.